The third-order valence-electron chi connectivity index (χ3n) is 3.47. The van der Waals surface area contributed by atoms with E-state index in [0.717, 1.165) is 9.88 Å². The molecule has 0 unspecified atom stereocenters. The second-order valence-corrected chi connectivity index (χ2v) is 6.36. The highest BCUT2D eigenvalue weighted by atomic mass is 32.1. The maximum Gasteiger partial charge on any atom is 0.417 e. The van der Waals surface area contributed by atoms with E-state index in [9.17, 15) is 23.1 Å². The highest BCUT2D eigenvalue weighted by molar-refractivity contribution is 7.11. The zero-order valence-corrected chi connectivity index (χ0v) is 12.2. The molecule has 0 radical (unpaired) electrons. The number of aromatic nitrogens is 1. The average Bonchev–Trinajstić information content (AvgIpc) is 2.81. The van der Waals surface area contributed by atoms with Gasteiger partial charge in [-0.05, 0) is 6.92 Å². The number of carbonyl (C=O) groups excluding carboxylic acids is 1. The number of nitrogens with zero attached hydrogens (tertiary/aromatic N) is 2. The van der Waals surface area contributed by atoms with Gasteiger partial charge >= 0.3 is 12.2 Å². The van der Waals surface area contributed by atoms with Crippen LogP contribution in [0.25, 0.3) is 0 Å². The summed E-state index contributed by atoms with van der Waals surface area (Å²) in [7, 11) is 0. The number of nitrogens with one attached hydrogen (secondary N) is 1. The molecule has 1 aromatic rings. The second-order valence-electron chi connectivity index (χ2n) is 5.04. The Morgan fingerprint density at radius 3 is 2.62 bits per heavy atom. The van der Waals surface area contributed by atoms with Crippen LogP contribution in [-0.4, -0.2) is 45.9 Å². The van der Waals surface area contributed by atoms with Crippen molar-refractivity contribution in [3.05, 3.63) is 16.1 Å². The lowest BCUT2D eigenvalue weighted by Crippen LogP contribution is -2.55. The molecule has 2 N–H and O–H groups in total. The van der Waals surface area contributed by atoms with Gasteiger partial charge in [-0.2, -0.15) is 13.2 Å². The number of thiazole rings is 1. The molecule has 2 rings (SSSR count). The number of aliphatic hydroxyl groups is 1. The van der Waals surface area contributed by atoms with E-state index in [4.69, 9.17) is 0 Å². The highest BCUT2D eigenvalue weighted by Gasteiger charge is 2.54. The molecule has 0 aliphatic carbocycles. The first-order valence-corrected chi connectivity index (χ1v) is 7.26. The van der Waals surface area contributed by atoms with Crippen LogP contribution in [0, 0.1) is 6.92 Å². The molecule has 21 heavy (non-hydrogen) atoms. The molecule has 0 aromatic carbocycles. The monoisotopic (exact) mass is 323 g/mol. The number of amides is 2. The van der Waals surface area contributed by atoms with Crippen molar-refractivity contribution in [1.29, 1.82) is 0 Å². The Kier molecular flexibility index (Phi) is 4.43. The predicted molar refractivity (Wildman–Crippen MR) is 70.9 cm³/mol. The number of hydrogen-bond acceptors (Lipinski definition) is 4. The predicted octanol–water partition coefficient (Wildman–Crippen LogP) is 2.05. The summed E-state index contributed by atoms with van der Waals surface area (Å²) in [4.78, 5) is 18.3. The maximum absolute atomic E-state index is 12.6. The maximum atomic E-state index is 12.6. The molecule has 1 aliphatic heterocycles. The molecule has 0 atom stereocenters. The molecule has 1 aromatic heterocycles. The Balaban J connectivity index is 1.83. The van der Waals surface area contributed by atoms with Crippen LogP contribution in [0.3, 0.4) is 0 Å². The van der Waals surface area contributed by atoms with Crippen LogP contribution in [0.15, 0.2) is 6.20 Å². The first kappa shape index (κ1) is 16.0. The Morgan fingerprint density at radius 1 is 1.52 bits per heavy atom. The highest BCUT2D eigenvalue weighted by Crippen LogP contribution is 2.38. The van der Waals surface area contributed by atoms with E-state index < -0.39 is 30.7 Å². The van der Waals surface area contributed by atoms with Gasteiger partial charge in [-0.1, -0.05) is 0 Å². The number of carbonyl (C=O) groups is 1. The van der Waals surface area contributed by atoms with Crippen LogP contribution in [0.2, 0.25) is 0 Å². The molecule has 2 heterocycles. The minimum Gasteiger partial charge on any atom is -0.380 e. The fourth-order valence-corrected chi connectivity index (χ4v) is 2.84. The van der Waals surface area contributed by atoms with E-state index in [1.54, 1.807) is 6.20 Å². The standard InChI is InChI=1S/C12H16F3N3O2S/c1-8-6-16-9(21-8)7-17-10(19)18-4-2-11(20,3-5-18)12(13,14)15/h6,20H,2-5,7H2,1H3,(H,17,19). The summed E-state index contributed by atoms with van der Waals surface area (Å²) >= 11 is 1.45. The molecule has 1 aliphatic rings. The molecule has 2 amide bonds. The van der Waals surface area contributed by atoms with Crippen LogP contribution in [-0.2, 0) is 6.54 Å². The van der Waals surface area contributed by atoms with Gasteiger partial charge in [-0.15, -0.1) is 11.3 Å². The van der Waals surface area contributed by atoms with E-state index in [-0.39, 0.29) is 19.6 Å². The van der Waals surface area contributed by atoms with Gasteiger partial charge in [-0.25, -0.2) is 9.78 Å². The summed E-state index contributed by atoms with van der Waals surface area (Å²) in [5, 5.41) is 12.9. The number of hydrogen-bond donors (Lipinski definition) is 2. The third kappa shape index (κ3) is 3.65. The van der Waals surface area contributed by atoms with Gasteiger partial charge in [-0.3, -0.25) is 0 Å². The van der Waals surface area contributed by atoms with Crippen molar-refractivity contribution in [2.75, 3.05) is 13.1 Å². The normalized spacial score (nSPS) is 18.6. The molecule has 1 saturated heterocycles. The quantitative estimate of drug-likeness (QED) is 0.875. The molecular formula is C12H16F3N3O2S. The topological polar surface area (TPSA) is 65.5 Å². The number of urea groups is 1. The van der Waals surface area contributed by atoms with Crippen molar-refractivity contribution >= 4 is 17.4 Å². The van der Waals surface area contributed by atoms with Crippen molar-refractivity contribution in [2.45, 2.75) is 38.1 Å². The van der Waals surface area contributed by atoms with Gasteiger partial charge in [0.2, 0.25) is 0 Å². The fourth-order valence-electron chi connectivity index (χ4n) is 2.11. The van der Waals surface area contributed by atoms with Gasteiger partial charge in [0, 0.05) is 37.0 Å². The van der Waals surface area contributed by atoms with Crippen molar-refractivity contribution in [3.63, 3.8) is 0 Å². The minimum absolute atomic E-state index is 0.126. The Morgan fingerprint density at radius 2 is 2.14 bits per heavy atom. The van der Waals surface area contributed by atoms with Crippen LogP contribution < -0.4 is 5.32 Å². The summed E-state index contributed by atoms with van der Waals surface area (Å²) in [6.45, 7) is 1.89. The SMILES string of the molecule is Cc1cnc(CNC(=O)N2CCC(O)(C(F)(F)F)CC2)s1. The van der Waals surface area contributed by atoms with Crippen LogP contribution in [0.4, 0.5) is 18.0 Å². The van der Waals surface area contributed by atoms with Crippen molar-refractivity contribution in [1.82, 2.24) is 15.2 Å². The summed E-state index contributed by atoms with van der Waals surface area (Å²) in [6.07, 6.45) is -3.97. The number of piperidine rings is 1. The summed E-state index contributed by atoms with van der Waals surface area (Å²) < 4.78 is 37.9. The van der Waals surface area contributed by atoms with E-state index in [0.29, 0.717) is 0 Å². The van der Waals surface area contributed by atoms with Gasteiger partial charge in [0.25, 0.3) is 0 Å². The Bertz CT molecular complexity index is 510. The van der Waals surface area contributed by atoms with E-state index in [1.165, 1.54) is 16.2 Å². The molecule has 1 fully saturated rings. The summed E-state index contributed by atoms with van der Waals surface area (Å²) in [5.41, 5.74) is -2.68. The van der Waals surface area contributed by atoms with E-state index >= 15 is 0 Å². The van der Waals surface area contributed by atoms with Crippen molar-refractivity contribution in [3.8, 4) is 0 Å². The zero-order chi connectivity index (χ0) is 15.7. The molecule has 118 valence electrons. The number of likely N-dealkylation sites (tertiary alicyclic amines) is 1. The lowest BCUT2D eigenvalue weighted by molar-refractivity contribution is -0.271. The fraction of sp³-hybridized carbons (Fsp3) is 0.667. The first-order valence-electron chi connectivity index (χ1n) is 6.44. The average molecular weight is 323 g/mol. The Labute approximate surface area is 123 Å². The van der Waals surface area contributed by atoms with Crippen molar-refractivity contribution < 1.29 is 23.1 Å². The van der Waals surface area contributed by atoms with Crippen molar-refractivity contribution in [2.24, 2.45) is 0 Å². The van der Waals surface area contributed by atoms with Crippen LogP contribution >= 0.6 is 11.3 Å². The van der Waals surface area contributed by atoms with Gasteiger partial charge in [0.15, 0.2) is 5.60 Å². The molecule has 0 bridgehead atoms. The van der Waals surface area contributed by atoms with Gasteiger partial charge in [0.05, 0.1) is 6.54 Å². The zero-order valence-electron chi connectivity index (χ0n) is 11.4. The number of aryl methyl sites for hydroxylation is 1. The smallest absolute Gasteiger partial charge is 0.380 e. The Hall–Kier alpha value is -1.35. The molecular weight excluding hydrogens is 307 g/mol. The molecule has 5 nitrogen and oxygen atoms in total. The minimum atomic E-state index is -4.66. The summed E-state index contributed by atoms with van der Waals surface area (Å²) in [6, 6.07) is -0.438. The lowest BCUT2D eigenvalue weighted by Gasteiger charge is -2.38. The first-order chi connectivity index (χ1) is 9.71. The molecule has 0 saturated carbocycles. The van der Waals surface area contributed by atoms with Crippen LogP contribution in [0.5, 0.6) is 0 Å². The van der Waals surface area contributed by atoms with Gasteiger partial charge < -0.3 is 15.3 Å². The number of alkyl halides is 3. The van der Waals surface area contributed by atoms with E-state index in [1.807, 2.05) is 6.92 Å². The number of halogens is 3. The third-order valence-corrected chi connectivity index (χ3v) is 4.38. The van der Waals surface area contributed by atoms with Crippen LogP contribution in [0.1, 0.15) is 22.7 Å². The van der Waals surface area contributed by atoms with Gasteiger partial charge in [0.1, 0.15) is 5.01 Å². The number of rotatable bonds is 2. The van der Waals surface area contributed by atoms with E-state index in [2.05, 4.69) is 10.3 Å². The molecule has 9 heteroatoms. The second kappa shape index (κ2) is 5.80. The summed E-state index contributed by atoms with van der Waals surface area (Å²) in [5.74, 6) is 0. The largest absolute Gasteiger partial charge is 0.417 e. The molecule has 0 spiro atoms. The lowest BCUT2D eigenvalue weighted by atomic mass is 9.91.